The number of nitrogens with one attached hydrogen (secondary N) is 2. The van der Waals surface area contributed by atoms with Crippen LogP contribution in [0.5, 0.6) is 0 Å². The zero-order chi connectivity index (χ0) is 14.1. The molecular weight excluding hydrogens is 228 g/mol. The molecule has 0 aliphatic heterocycles. The van der Waals surface area contributed by atoms with Gasteiger partial charge in [0.1, 0.15) is 0 Å². The molecule has 0 bridgehead atoms. The van der Waals surface area contributed by atoms with Crippen molar-refractivity contribution < 1.29 is 9.90 Å². The van der Waals surface area contributed by atoms with Gasteiger partial charge >= 0.3 is 0 Å². The summed E-state index contributed by atoms with van der Waals surface area (Å²) >= 11 is 0. The standard InChI is InChI=1S/C14H30N2O2/c1-6-12(7-2)13(17)9-15-11(5)14(18)16-8-10(3)4/h10-13,15,17H,6-9H2,1-5H3,(H,16,18). The first kappa shape index (κ1) is 17.4. The molecule has 3 N–H and O–H groups in total. The van der Waals surface area contributed by atoms with Gasteiger partial charge in [-0.25, -0.2) is 0 Å². The Labute approximate surface area is 112 Å². The summed E-state index contributed by atoms with van der Waals surface area (Å²) < 4.78 is 0. The molecule has 2 atom stereocenters. The fraction of sp³-hybridized carbons (Fsp3) is 0.929. The van der Waals surface area contributed by atoms with Gasteiger partial charge < -0.3 is 15.7 Å². The predicted molar refractivity (Wildman–Crippen MR) is 75.4 cm³/mol. The maximum Gasteiger partial charge on any atom is 0.236 e. The van der Waals surface area contributed by atoms with E-state index in [1.54, 1.807) is 0 Å². The summed E-state index contributed by atoms with van der Waals surface area (Å²) in [7, 11) is 0. The average Bonchev–Trinajstić information content (AvgIpc) is 2.34. The third-order valence-electron chi connectivity index (χ3n) is 3.30. The van der Waals surface area contributed by atoms with E-state index in [9.17, 15) is 9.90 Å². The van der Waals surface area contributed by atoms with Crippen molar-refractivity contribution in [2.75, 3.05) is 13.1 Å². The molecule has 0 aliphatic carbocycles. The highest BCUT2D eigenvalue weighted by atomic mass is 16.3. The lowest BCUT2D eigenvalue weighted by molar-refractivity contribution is -0.123. The molecule has 0 radical (unpaired) electrons. The molecule has 0 heterocycles. The van der Waals surface area contributed by atoms with E-state index in [-0.39, 0.29) is 18.1 Å². The largest absolute Gasteiger partial charge is 0.392 e. The maximum atomic E-state index is 11.7. The van der Waals surface area contributed by atoms with Crippen molar-refractivity contribution in [1.29, 1.82) is 0 Å². The molecule has 0 aromatic rings. The van der Waals surface area contributed by atoms with Gasteiger partial charge in [-0.1, -0.05) is 40.5 Å². The molecular formula is C14H30N2O2. The zero-order valence-electron chi connectivity index (χ0n) is 12.5. The van der Waals surface area contributed by atoms with Crippen LogP contribution in [0.2, 0.25) is 0 Å². The number of carbonyl (C=O) groups excluding carboxylic acids is 1. The second-order valence-electron chi connectivity index (χ2n) is 5.41. The summed E-state index contributed by atoms with van der Waals surface area (Å²) in [6.45, 7) is 11.3. The van der Waals surface area contributed by atoms with Crippen molar-refractivity contribution in [1.82, 2.24) is 10.6 Å². The molecule has 108 valence electrons. The third-order valence-corrected chi connectivity index (χ3v) is 3.30. The predicted octanol–water partition coefficient (Wildman–Crippen LogP) is 1.53. The number of aliphatic hydroxyl groups excluding tert-OH is 1. The van der Waals surface area contributed by atoms with Crippen LogP contribution in [0.25, 0.3) is 0 Å². The second kappa shape index (κ2) is 9.34. The van der Waals surface area contributed by atoms with Crippen LogP contribution >= 0.6 is 0 Å². The molecule has 0 saturated heterocycles. The molecule has 0 rings (SSSR count). The van der Waals surface area contributed by atoms with Crippen LogP contribution in [0.3, 0.4) is 0 Å². The van der Waals surface area contributed by atoms with E-state index in [1.165, 1.54) is 0 Å². The quantitative estimate of drug-likeness (QED) is 0.588. The Morgan fingerprint density at radius 2 is 1.67 bits per heavy atom. The Bertz CT molecular complexity index is 228. The topological polar surface area (TPSA) is 61.4 Å². The fourth-order valence-corrected chi connectivity index (χ4v) is 1.85. The molecule has 0 aromatic carbocycles. The summed E-state index contributed by atoms with van der Waals surface area (Å²) in [5, 5.41) is 15.9. The van der Waals surface area contributed by atoms with Gasteiger partial charge in [0.05, 0.1) is 12.1 Å². The van der Waals surface area contributed by atoms with E-state index < -0.39 is 0 Å². The summed E-state index contributed by atoms with van der Waals surface area (Å²) in [6, 6.07) is -0.257. The normalized spacial score (nSPS) is 14.9. The highest BCUT2D eigenvalue weighted by molar-refractivity contribution is 5.81. The summed E-state index contributed by atoms with van der Waals surface area (Å²) in [5.41, 5.74) is 0. The molecule has 0 spiro atoms. The van der Waals surface area contributed by atoms with Crippen LogP contribution < -0.4 is 10.6 Å². The Morgan fingerprint density at radius 3 is 2.11 bits per heavy atom. The monoisotopic (exact) mass is 258 g/mol. The minimum absolute atomic E-state index is 0.000414. The van der Waals surface area contributed by atoms with Gasteiger partial charge in [0, 0.05) is 13.1 Å². The van der Waals surface area contributed by atoms with Crippen molar-refractivity contribution in [2.45, 2.75) is 59.6 Å². The van der Waals surface area contributed by atoms with E-state index in [1.807, 2.05) is 6.92 Å². The SMILES string of the molecule is CCC(CC)C(O)CNC(C)C(=O)NCC(C)C. The van der Waals surface area contributed by atoms with Crippen LogP contribution in [-0.2, 0) is 4.79 Å². The first-order valence-electron chi connectivity index (χ1n) is 7.11. The Balaban J connectivity index is 3.94. The number of carbonyl (C=O) groups is 1. The Kier molecular flexibility index (Phi) is 9.02. The lowest BCUT2D eigenvalue weighted by atomic mass is 9.96. The van der Waals surface area contributed by atoms with Gasteiger partial charge in [-0.05, 0) is 18.8 Å². The van der Waals surface area contributed by atoms with Crippen molar-refractivity contribution in [2.24, 2.45) is 11.8 Å². The fourth-order valence-electron chi connectivity index (χ4n) is 1.85. The van der Waals surface area contributed by atoms with Gasteiger partial charge in [-0.3, -0.25) is 4.79 Å². The van der Waals surface area contributed by atoms with Gasteiger partial charge in [0.15, 0.2) is 0 Å². The second-order valence-corrected chi connectivity index (χ2v) is 5.41. The van der Waals surface area contributed by atoms with Crippen LogP contribution in [0.1, 0.15) is 47.5 Å². The number of amides is 1. The summed E-state index contributed by atoms with van der Waals surface area (Å²) in [6.07, 6.45) is 1.56. The lowest BCUT2D eigenvalue weighted by Gasteiger charge is -2.22. The van der Waals surface area contributed by atoms with Crippen LogP contribution in [-0.4, -0.2) is 36.2 Å². The van der Waals surface area contributed by atoms with Crippen molar-refractivity contribution in [3.63, 3.8) is 0 Å². The third kappa shape index (κ3) is 6.97. The summed E-state index contributed by atoms with van der Waals surface area (Å²) in [4.78, 5) is 11.7. The smallest absolute Gasteiger partial charge is 0.236 e. The van der Waals surface area contributed by atoms with E-state index in [2.05, 4.69) is 38.3 Å². The molecule has 0 fully saturated rings. The first-order valence-corrected chi connectivity index (χ1v) is 7.11. The van der Waals surface area contributed by atoms with Gasteiger partial charge in [-0.15, -0.1) is 0 Å². The average molecular weight is 258 g/mol. The van der Waals surface area contributed by atoms with Crippen molar-refractivity contribution in [3.05, 3.63) is 0 Å². The molecule has 2 unspecified atom stereocenters. The van der Waals surface area contributed by atoms with E-state index in [4.69, 9.17) is 0 Å². The Hall–Kier alpha value is -0.610. The molecule has 0 aromatic heterocycles. The molecule has 0 saturated carbocycles. The van der Waals surface area contributed by atoms with E-state index in [0.717, 1.165) is 12.8 Å². The van der Waals surface area contributed by atoms with Crippen molar-refractivity contribution >= 4 is 5.91 Å². The molecule has 4 heteroatoms. The van der Waals surface area contributed by atoms with Crippen LogP contribution in [0, 0.1) is 11.8 Å². The lowest BCUT2D eigenvalue weighted by Crippen LogP contribution is -2.46. The minimum Gasteiger partial charge on any atom is -0.392 e. The number of hydrogen-bond donors (Lipinski definition) is 3. The van der Waals surface area contributed by atoms with Crippen LogP contribution in [0.15, 0.2) is 0 Å². The Morgan fingerprint density at radius 1 is 1.11 bits per heavy atom. The number of aliphatic hydroxyl groups is 1. The van der Waals surface area contributed by atoms with Crippen LogP contribution in [0.4, 0.5) is 0 Å². The van der Waals surface area contributed by atoms with E-state index in [0.29, 0.717) is 24.9 Å². The zero-order valence-corrected chi connectivity index (χ0v) is 12.5. The van der Waals surface area contributed by atoms with Gasteiger partial charge in [-0.2, -0.15) is 0 Å². The minimum atomic E-state index is -0.375. The number of hydrogen-bond acceptors (Lipinski definition) is 3. The molecule has 18 heavy (non-hydrogen) atoms. The highest BCUT2D eigenvalue weighted by Gasteiger charge is 2.18. The highest BCUT2D eigenvalue weighted by Crippen LogP contribution is 2.12. The van der Waals surface area contributed by atoms with Crippen molar-refractivity contribution in [3.8, 4) is 0 Å². The van der Waals surface area contributed by atoms with E-state index >= 15 is 0 Å². The summed E-state index contributed by atoms with van der Waals surface area (Å²) in [5.74, 6) is 0.764. The number of rotatable bonds is 9. The first-order chi connectivity index (χ1) is 8.42. The maximum absolute atomic E-state index is 11.7. The van der Waals surface area contributed by atoms with Gasteiger partial charge in [0.2, 0.25) is 5.91 Å². The van der Waals surface area contributed by atoms with Gasteiger partial charge in [0.25, 0.3) is 0 Å². The molecule has 0 aliphatic rings. The molecule has 1 amide bonds. The molecule has 4 nitrogen and oxygen atoms in total.